The first-order valence-electron chi connectivity index (χ1n) is 17.4. The van der Waals surface area contributed by atoms with Crippen LogP contribution in [0.1, 0.15) is 79.6 Å². The van der Waals surface area contributed by atoms with Gasteiger partial charge in [-0.2, -0.15) is 0 Å². The second kappa shape index (κ2) is 13.9. The Bertz CT molecular complexity index is 1500. The summed E-state index contributed by atoms with van der Waals surface area (Å²) in [6, 6.07) is 24.7. The molecule has 4 bridgehead atoms. The Hall–Kier alpha value is -3.49. The standard InChI is InChI=1S/C40H49N3O4/c1-3-16-43(2)25-35-20-37(32-10-8-27(26-44)9-11-32)47-38(46-35)33-14-12-31(13-15-33)36-7-5-4-6-34(36)24-41-39(45)42-40-21-28-17-29(22-40)19-30(18-28)23-40/h3-15,28-30,35,37-38,44H,1,16-26H2,2H3,(H2,41,42,45)/t28?,29?,30?,35-,37+,38+,40?/m0/s1. The van der Waals surface area contributed by atoms with Gasteiger partial charge in [-0.1, -0.05) is 78.9 Å². The van der Waals surface area contributed by atoms with Crippen molar-refractivity contribution in [1.82, 2.24) is 15.5 Å². The molecule has 0 aromatic heterocycles. The summed E-state index contributed by atoms with van der Waals surface area (Å²) in [5, 5.41) is 16.1. The number of carbonyl (C=O) groups excluding carboxylic acids is 1. The van der Waals surface area contributed by atoms with Gasteiger partial charge in [0.2, 0.25) is 0 Å². The van der Waals surface area contributed by atoms with Crippen molar-refractivity contribution < 1.29 is 19.4 Å². The molecule has 2 amide bonds. The van der Waals surface area contributed by atoms with Crippen molar-refractivity contribution in [2.45, 2.75) is 82.1 Å². The zero-order valence-corrected chi connectivity index (χ0v) is 27.6. The molecule has 0 spiro atoms. The van der Waals surface area contributed by atoms with Gasteiger partial charge in [-0.15, -0.1) is 6.58 Å². The van der Waals surface area contributed by atoms with Crippen molar-refractivity contribution in [2.24, 2.45) is 17.8 Å². The number of likely N-dealkylation sites (N-methyl/N-ethyl adjacent to an activating group) is 1. The molecular weight excluding hydrogens is 586 g/mol. The predicted molar refractivity (Wildman–Crippen MR) is 184 cm³/mol. The van der Waals surface area contributed by atoms with Crippen molar-refractivity contribution in [3.05, 3.63) is 108 Å². The van der Waals surface area contributed by atoms with Crippen LogP contribution in [0, 0.1) is 17.8 Å². The molecule has 1 heterocycles. The van der Waals surface area contributed by atoms with Crippen LogP contribution in [-0.2, 0) is 22.6 Å². The highest BCUT2D eigenvalue weighted by Crippen LogP contribution is 2.55. The van der Waals surface area contributed by atoms with Gasteiger partial charge in [0.25, 0.3) is 0 Å². The molecule has 3 atom stereocenters. The van der Waals surface area contributed by atoms with Crippen LogP contribution in [0.25, 0.3) is 11.1 Å². The molecule has 5 aliphatic rings. The number of carbonyl (C=O) groups is 1. The highest BCUT2D eigenvalue weighted by atomic mass is 16.7. The van der Waals surface area contributed by atoms with Gasteiger partial charge in [0, 0.05) is 37.2 Å². The van der Waals surface area contributed by atoms with Crippen molar-refractivity contribution in [2.75, 3.05) is 20.1 Å². The van der Waals surface area contributed by atoms with E-state index in [0.29, 0.717) is 6.54 Å². The molecular formula is C40H49N3O4. The quantitative estimate of drug-likeness (QED) is 0.193. The van der Waals surface area contributed by atoms with E-state index in [1.165, 1.54) is 19.3 Å². The first-order chi connectivity index (χ1) is 22.9. The summed E-state index contributed by atoms with van der Waals surface area (Å²) in [5.74, 6) is 2.38. The molecule has 248 valence electrons. The Kier molecular flexibility index (Phi) is 9.51. The summed E-state index contributed by atoms with van der Waals surface area (Å²) >= 11 is 0. The monoisotopic (exact) mass is 635 g/mol. The van der Waals surface area contributed by atoms with E-state index in [9.17, 15) is 9.90 Å². The molecule has 7 heteroatoms. The normalized spacial score (nSPS) is 29.5. The Balaban J connectivity index is 1.03. The lowest BCUT2D eigenvalue weighted by Gasteiger charge is -2.56. The van der Waals surface area contributed by atoms with E-state index in [-0.39, 0.29) is 30.4 Å². The fourth-order valence-electron chi connectivity index (χ4n) is 9.18. The maximum Gasteiger partial charge on any atom is 0.315 e. The minimum Gasteiger partial charge on any atom is -0.392 e. The molecule has 7 nitrogen and oxygen atoms in total. The summed E-state index contributed by atoms with van der Waals surface area (Å²) < 4.78 is 13.1. The molecule has 0 unspecified atom stereocenters. The fraction of sp³-hybridized carbons (Fsp3) is 0.475. The molecule has 8 rings (SSSR count). The van der Waals surface area contributed by atoms with E-state index in [2.05, 4.69) is 65.6 Å². The van der Waals surface area contributed by atoms with Gasteiger partial charge in [-0.3, -0.25) is 0 Å². The van der Waals surface area contributed by atoms with Gasteiger partial charge in [-0.25, -0.2) is 4.79 Å². The van der Waals surface area contributed by atoms with Crippen LogP contribution in [0.2, 0.25) is 0 Å². The van der Waals surface area contributed by atoms with E-state index < -0.39 is 6.29 Å². The second-order valence-corrected chi connectivity index (χ2v) is 14.6. The minimum atomic E-state index is -0.507. The van der Waals surface area contributed by atoms with Gasteiger partial charge in [0.05, 0.1) is 18.8 Å². The molecule has 5 fully saturated rings. The molecule has 1 aliphatic heterocycles. The number of aliphatic hydroxyl groups is 1. The topological polar surface area (TPSA) is 83.1 Å². The Morgan fingerprint density at radius 3 is 2.23 bits per heavy atom. The number of nitrogens with zero attached hydrogens (tertiary/aromatic N) is 1. The summed E-state index contributed by atoms with van der Waals surface area (Å²) in [7, 11) is 2.08. The van der Waals surface area contributed by atoms with Crippen LogP contribution in [0.3, 0.4) is 0 Å². The maximum atomic E-state index is 13.2. The van der Waals surface area contributed by atoms with E-state index in [1.807, 2.05) is 42.5 Å². The van der Waals surface area contributed by atoms with Crippen molar-refractivity contribution in [1.29, 1.82) is 0 Å². The van der Waals surface area contributed by atoms with E-state index in [0.717, 1.165) is 89.9 Å². The van der Waals surface area contributed by atoms with Gasteiger partial charge in [-0.05, 0) is 91.1 Å². The molecule has 0 radical (unpaired) electrons. The zero-order valence-electron chi connectivity index (χ0n) is 27.6. The number of ether oxygens (including phenoxy) is 2. The third-order valence-corrected chi connectivity index (χ3v) is 10.9. The Morgan fingerprint density at radius 2 is 1.57 bits per heavy atom. The molecule has 4 saturated carbocycles. The third kappa shape index (κ3) is 7.34. The molecule has 3 aromatic rings. The smallest absolute Gasteiger partial charge is 0.315 e. The maximum absolute atomic E-state index is 13.2. The highest BCUT2D eigenvalue weighted by Gasteiger charge is 2.51. The second-order valence-electron chi connectivity index (χ2n) is 14.6. The van der Waals surface area contributed by atoms with Crippen molar-refractivity contribution >= 4 is 6.03 Å². The molecule has 1 saturated heterocycles. The SMILES string of the molecule is C=CCN(C)C[C@@H]1C[C@H](c2ccc(CO)cc2)O[C@H](c2ccc(-c3ccccc3CNC(=O)NC34CC5CC(CC(C5)C3)C4)cc2)O1. The Labute approximate surface area is 279 Å². The van der Waals surface area contributed by atoms with Crippen LogP contribution in [0.5, 0.6) is 0 Å². The van der Waals surface area contributed by atoms with E-state index in [1.54, 1.807) is 0 Å². The van der Waals surface area contributed by atoms with Crippen molar-refractivity contribution in [3.63, 3.8) is 0 Å². The number of rotatable bonds is 11. The Morgan fingerprint density at radius 1 is 0.915 bits per heavy atom. The first-order valence-corrected chi connectivity index (χ1v) is 17.4. The van der Waals surface area contributed by atoms with E-state index >= 15 is 0 Å². The summed E-state index contributed by atoms with van der Waals surface area (Å²) in [6.45, 7) is 5.93. The number of nitrogens with one attached hydrogen (secondary N) is 2. The molecule has 3 aromatic carbocycles. The van der Waals surface area contributed by atoms with Crippen LogP contribution in [-0.4, -0.2) is 47.8 Å². The van der Waals surface area contributed by atoms with E-state index in [4.69, 9.17) is 9.47 Å². The van der Waals surface area contributed by atoms with Gasteiger partial charge in [0.15, 0.2) is 6.29 Å². The number of hydrogen-bond donors (Lipinski definition) is 3. The predicted octanol–water partition coefficient (Wildman–Crippen LogP) is 7.28. The lowest BCUT2D eigenvalue weighted by atomic mass is 9.53. The van der Waals surface area contributed by atoms with Crippen LogP contribution < -0.4 is 10.6 Å². The number of urea groups is 1. The number of amides is 2. The van der Waals surface area contributed by atoms with Crippen molar-refractivity contribution in [3.8, 4) is 11.1 Å². The average molecular weight is 636 g/mol. The fourth-order valence-corrected chi connectivity index (χ4v) is 9.18. The summed E-state index contributed by atoms with van der Waals surface area (Å²) in [4.78, 5) is 15.4. The third-order valence-electron chi connectivity index (χ3n) is 10.9. The highest BCUT2D eigenvalue weighted by molar-refractivity contribution is 5.76. The largest absolute Gasteiger partial charge is 0.392 e. The van der Waals surface area contributed by atoms with Crippen LogP contribution in [0.15, 0.2) is 85.5 Å². The summed E-state index contributed by atoms with van der Waals surface area (Å²) in [6.07, 6.45) is 9.52. The number of benzene rings is 3. The number of aliphatic hydroxyl groups excluding tert-OH is 1. The lowest BCUT2D eigenvalue weighted by molar-refractivity contribution is -0.252. The first kappa shape index (κ1) is 32.1. The molecule has 47 heavy (non-hydrogen) atoms. The summed E-state index contributed by atoms with van der Waals surface area (Å²) in [5.41, 5.74) is 6.20. The van der Waals surface area contributed by atoms with Gasteiger partial charge in [0.1, 0.15) is 0 Å². The number of hydrogen-bond acceptors (Lipinski definition) is 5. The van der Waals surface area contributed by atoms with Crippen LogP contribution in [0.4, 0.5) is 4.79 Å². The molecule has 4 aliphatic carbocycles. The average Bonchev–Trinajstić information content (AvgIpc) is 3.07. The lowest BCUT2D eigenvalue weighted by Crippen LogP contribution is -2.61. The van der Waals surface area contributed by atoms with Gasteiger partial charge >= 0.3 is 6.03 Å². The van der Waals surface area contributed by atoms with Crippen LogP contribution >= 0.6 is 0 Å². The minimum absolute atomic E-state index is 0.000588. The molecule has 3 N–H and O–H groups in total. The van der Waals surface area contributed by atoms with Gasteiger partial charge < -0.3 is 30.1 Å². The zero-order chi connectivity index (χ0) is 32.4.